The number of alkyl carbamates (subject to hydrolysis) is 1. The van der Waals surface area contributed by atoms with Crippen molar-refractivity contribution >= 4 is 24.0 Å². The van der Waals surface area contributed by atoms with Crippen LogP contribution in [0.2, 0.25) is 0 Å². The van der Waals surface area contributed by atoms with Crippen LogP contribution in [-0.4, -0.2) is 36.5 Å². The number of rotatable bonds is 5. The van der Waals surface area contributed by atoms with Crippen LogP contribution in [0.5, 0.6) is 0 Å². The Labute approximate surface area is 187 Å². The van der Waals surface area contributed by atoms with Crippen molar-refractivity contribution in [2.45, 2.75) is 32.4 Å². The third kappa shape index (κ3) is 8.64. The maximum absolute atomic E-state index is 12.4. The largest absolute Gasteiger partial charge is 0.444 e. The van der Waals surface area contributed by atoms with Gasteiger partial charge in [-0.25, -0.2) is 4.79 Å². The molecular weight excluding hydrogens is 406 g/mol. The number of nitrogens with two attached hydrogens (primary N) is 1. The van der Waals surface area contributed by atoms with Crippen LogP contribution in [0, 0.1) is 23.7 Å². The molecule has 2 aromatic carbocycles. The van der Waals surface area contributed by atoms with Gasteiger partial charge in [0, 0.05) is 28.9 Å². The summed E-state index contributed by atoms with van der Waals surface area (Å²) in [5.74, 6) is 10.9. The van der Waals surface area contributed by atoms with Crippen molar-refractivity contribution in [2.24, 2.45) is 0 Å². The number of hydrogen-bond acceptors (Lipinski definition) is 5. The molecule has 164 valence electrons. The highest BCUT2D eigenvalue weighted by Gasteiger charge is 2.18. The highest BCUT2D eigenvalue weighted by atomic mass is 16.6. The number of carbonyl (C=O) groups excluding carboxylic acids is 3. The summed E-state index contributed by atoms with van der Waals surface area (Å²) in [6, 6.07) is 12.8. The molecule has 0 saturated carbocycles. The van der Waals surface area contributed by atoms with Crippen LogP contribution >= 0.6 is 0 Å². The number of anilines is 1. The van der Waals surface area contributed by atoms with E-state index in [-0.39, 0.29) is 6.54 Å². The highest BCUT2D eigenvalue weighted by Crippen LogP contribution is 2.07. The number of carbonyl (C=O) groups is 3. The van der Waals surface area contributed by atoms with Crippen LogP contribution in [-0.2, 0) is 9.53 Å². The molecule has 0 heterocycles. The number of hydrogen-bond donors (Lipinski definition) is 3. The van der Waals surface area contributed by atoms with Gasteiger partial charge in [0.2, 0.25) is 0 Å². The lowest BCUT2D eigenvalue weighted by atomic mass is 10.1. The van der Waals surface area contributed by atoms with Gasteiger partial charge >= 0.3 is 6.09 Å². The van der Waals surface area contributed by atoms with E-state index in [4.69, 9.17) is 10.5 Å². The average molecular weight is 431 g/mol. The molecule has 0 aliphatic rings. The lowest BCUT2D eigenvalue weighted by Crippen LogP contribution is -2.45. The molecular formula is C25H25N3O4. The Morgan fingerprint density at radius 3 is 2.03 bits per heavy atom. The summed E-state index contributed by atoms with van der Waals surface area (Å²) >= 11 is 0. The lowest BCUT2D eigenvalue weighted by Gasteiger charge is -2.20. The molecule has 1 atom stereocenters. The maximum atomic E-state index is 12.4. The molecule has 0 aromatic heterocycles. The van der Waals surface area contributed by atoms with E-state index in [9.17, 15) is 14.4 Å². The molecule has 4 N–H and O–H groups in total. The van der Waals surface area contributed by atoms with Crippen LogP contribution in [0.4, 0.5) is 10.5 Å². The quantitative estimate of drug-likeness (QED) is 0.383. The maximum Gasteiger partial charge on any atom is 0.407 e. The number of benzene rings is 2. The standard InChI is InChI=1S/C25H25N3O4/c1-25(2,3)32-24(31)27-16-22(17-29)28-23(30)20-12-8-18(9-13-20)6-4-5-7-19-10-14-21(26)15-11-19/h8-15,17,22H,16,26H2,1-3H3,(H,27,31)(H,28,30)/t22-/m0/s1. The molecule has 0 spiro atoms. The van der Waals surface area contributed by atoms with E-state index < -0.39 is 23.6 Å². The molecule has 2 amide bonds. The number of nitrogen functional groups attached to an aromatic ring is 1. The van der Waals surface area contributed by atoms with Gasteiger partial charge < -0.3 is 25.9 Å². The molecule has 7 heteroatoms. The third-order valence-corrected chi connectivity index (χ3v) is 3.88. The Morgan fingerprint density at radius 1 is 1.00 bits per heavy atom. The van der Waals surface area contributed by atoms with Crippen LogP contribution in [0.1, 0.15) is 42.3 Å². The van der Waals surface area contributed by atoms with E-state index in [2.05, 4.69) is 34.3 Å². The van der Waals surface area contributed by atoms with Gasteiger partial charge in [-0.2, -0.15) is 0 Å². The second kappa shape index (κ2) is 11.2. The van der Waals surface area contributed by atoms with E-state index >= 15 is 0 Å². The fourth-order valence-corrected chi connectivity index (χ4v) is 2.37. The molecule has 2 rings (SSSR count). The number of amides is 2. The summed E-state index contributed by atoms with van der Waals surface area (Å²) < 4.78 is 5.10. The van der Waals surface area contributed by atoms with Crippen molar-refractivity contribution in [1.82, 2.24) is 10.6 Å². The minimum Gasteiger partial charge on any atom is -0.444 e. The summed E-state index contributed by atoms with van der Waals surface area (Å²) in [6.45, 7) is 5.10. The topological polar surface area (TPSA) is 111 Å². The lowest BCUT2D eigenvalue weighted by molar-refractivity contribution is -0.109. The first-order valence-electron chi connectivity index (χ1n) is 9.87. The number of ether oxygens (including phenoxy) is 1. The summed E-state index contributed by atoms with van der Waals surface area (Å²) in [5, 5.41) is 5.01. The van der Waals surface area contributed by atoms with E-state index in [0.29, 0.717) is 23.1 Å². The smallest absolute Gasteiger partial charge is 0.407 e. The molecule has 0 bridgehead atoms. The molecule has 7 nitrogen and oxygen atoms in total. The first kappa shape index (κ1) is 24.0. The predicted octanol–water partition coefficient (Wildman–Crippen LogP) is 2.49. The van der Waals surface area contributed by atoms with Gasteiger partial charge in [0.05, 0.1) is 0 Å². The fourth-order valence-electron chi connectivity index (χ4n) is 2.37. The van der Waals surface area contributed by atoms with E-state index in [1.54, 1.807) is 57.2 Å². The van der Waals surface area contributed by atoms with E-state index in [1.807, 2.05) is 12.1 Å². The van der Waals surface area contributed by atoms with Gasteiger partial charge in [0.15, 0.2) is 0 Å². The van der Waals surface area contributed by atoms with Crippen molar-refractivity contribution in [3.63, 3.8) is 0 Å². The van der Waals surface area contributed by atoms with Gasteiger partial charge in [0.1, 0.15) is 17.9 Å². The van der Waals surface area contributed by atoms with Gasteiger partial charge in [-0.15, -0.1) is 0 Å². The second-order valence-corrected chi connectivity index (χ2v) is 7.80. The van der Waals surface area contributed by atoms with Crippen molar-refractivity contribution < 1.29 is 19.1 Å². The number of nitrogens with one attached hydrogen (secondary N) is 2. The Balaban J connectivity index is 1.90. The van der Waals surface area contributed by atoms with Crippen LogP contribution in [0.15, 0.2) is 48.5 Å². The third-order valence-electron chi connectivity index (χ3n) is 3.88. The monoisotopic (exact) mass is 431 g/mol. The molecule has 0 aliphatic heterocycles. The normalized spacial score (nSPS) is 11.0. The summed E-state index contributed by atoms with van der Waals surface area (Å²) in [4.78, 5) is 35.3. The van der Waals surface area contributed by atoms with Crippen LogP contribution in [0.25, 0.3) is 0 Å². The molecule has 0 radical (unpaired) electrons. The first-order chi connectivity index (χ1) is 15.2. The van der Waals surface area contributed by atoms with Gasteiger partial charge in [0.25, 0.3) is 5.91 Å². The fraction of sp³-hybridized carbons (Fsp3) is 0.240. The molecule has 0 unspecified atom stereocenters. The second-order valence-electron chi connectivity index (χ2n) is 7.80. The van der Waals surface area contributed by atoms with E-state index in [0.717, 1.165) is 5.56 Å². The Morgan fingerprint density at radius 2 is 1.53 bits per heavy atom. The Kier molecular flexibility index (Phi) is 8.45. The summed E-state index contributed by atoms with van der Waals surface area (Å²) in [7, 11) is 0. The summed E-state index contributed by atoms with van der Waals surface area (Å²) in [5.41, 5.74) is 7.50. The Hall–Kier alpha value is -4.23. The molecule has 0 aliphatic carbocycles. The zero-order valence-electron chi connectivity index (χ0n) is 18.2. The average Bonchev–Trinajstić information content (AvgIpc) is 2.74. The van der Waals surface area contributed by atoms with Crippen LogP contribution < -0.4 is 16.4 Å². The number of aldehydes is 1. The Bertz CT molecular complexity index is 1080. The predicted molar refractivity (Wildman–Crippen MR) is 123 cm³/mol. The zero-order valence-corrected chi connectivity index (χ0v) is 18.2. The first-order valence-corrected chi connectivity index (χ1v) is 9.87. The highest BCUT2D eigenvalue weighted by molar-refractivity contribution is 5.95. The zero-order chi connectivity index (χ0) is 23.6. The van der Waals surface area contributed by atoms with Gasteiger partial charge in [-0.05, 0) is 81.1 Å². The van der Waals surface area contributed by atoms with Crippen molar-refractivity contribution in [3.8, 4) is 23.7 Å². The van der Waals surface area contributed by atoms with Gasteiger partial charge in [-0.3, -0.25) is 4.79 Å². The van der Waals surface area contributed by atoms with E-state index in [1.165, 1.54) is 0 Å². The molecule has 2 aromatic rings. The summed E-state index contributed by atoms with van der Waals surface area (Å²) in [6.07, 6.45) is -0.115. The molecule has 0 saturated heterocycles. The molecule has 0 fully saturated rings. The van der Waals surface area contributed by atoms with Crippen LogP contribution in [0.3, 0.4) is 0 Å². The van der Waals surface area contributed by atoms with Crippen molar-refractivity contribution in [2.75, 3.05) is 12.3 Å². The SMILES string of the molecule is CC(C)(C)OC(=O)NC[C@@H](C=O)NC(=O)c1ccc(C#CC#Cc2ccc(N)cc2)cc1. The minimum absolute atomic E-state index is 0.0829. The van der Waals surface area contributed by atoms with Crippen molar-refractivity contribution in [3.05, 3.63) is 65.2 Å². The molecule has 32 heavy (non-hydrogen) atoms. The van der Waals surface area contributed by atoms with Gasteiger partial charge in [-0.1, -0.05) is 11.8 Å². The van der Waals surface area contributed by atoms with Crippen molar-refractivity contribution in [1.29, 1.82) is 0 Å². The minimum atomic E-state index is -0.891.